The molecule has 1 heterocycles. The number of nitrogens with two attached hydrogens (primary N) is 1. The van der Waals surface area contributed by atoms with Gasteiger partial charge in [0.1, 0.15) is 17.0 Å². The number of aromatic nitrogens is 1. The predicted octanol–water partition coefficient (Wildman–Crippen LogP) is 1.39. The molecule has 0 aliphatic carbocycles. The number of rotatable bonds is 3. The van der Waals surface area contributed by atoms with Crippen molar-refractivity contribution < 1.29 is 19.4 Å². The molecule has 0 atom stereocenters. The molecule has 0 saturated carbocycles. The smallest absolute Gasteiger partial charge is 0.407 e. The maximum Gasteiger partial charge on any atom is 0.407 e. The van der Waals surface area contributed by atoms with Crippen LogP contribution in [-0.4, -0.2) is 27.8 Å². The lowest BCUT2D eigenvalue weighted by Crippen LogP contribution is -2.32. The quantitative estimate of drug-likeness (QED) is 0.762. The number of nitrogen functional groups attached to an aromatic ring is 1. The summed E-state index contributed by atoms with van der Waals surface area (Å²) in [7, 11) is 0. The van der Waals surface area contributed by atoms with Crippen molar-refractivity contribution in [3.8, 4) is 0 Å². The molecule has 0 aromatic carbocycles. The molecule has 0 radical (unpaired) electrons. The molecule has 0 aliphatic rings. The summed E-state index contributed by atoms with van der Waals surface area (Å²) >= 11 is 0. The standard InChI is InChI=1S/C12H17N3O4/c1-12(2,3)19-11(18)15-6-7-4-8(10(16)17)9(13)14-5-7/h4-5H,6H2,1-3H3,(H2,13,14)(H,15,18)(H,16,17). The van der Waals surface area contributed by atoms with Crippen molar-refractivity contribution in [1.29, 1.82) is 0 Å². The Morgan fingerprint density at radius 1 is 1.47 bits per heavy atom. The summed E-state index contributed by atoms with van der Waals surface area (Å²) in [5.41, 5.74) is 5.27. The van der Waals surface area contributed by atoms with Gasteiger partial charge in [-0.3, -0.25) is 0 Å². The van der Waals surface area contributed by atoms with E-state index >= 15 is 0 Å². The first-order chi connectivity index (χ1) is 8.69. The van der Waals surface area contributed by atoms with Crippen LogP contribution in [0.1, 0.15) is 36.7 Å². The first-order valence-corrected chi connectivity index (χ1v) is 5.63. The Bertz CT molecular complexity index is 494. The summed E-state index contributed by atoms with van der Waals surface area (Å²) in [4.78, 5) is 26.0. The molecular weight excluding hydrogens is 250 g/mol. The third kappa shape index (κ3) is 4.82. The number of ether oxygens (including phenoxy) is 1. The number of anilines is 1. The number of carboxylic acids is 1. The van der Waals surface area contributed by atoms with Crippen LogP contribution < -0.4 is 11.1 Å². The maximum atomic E-state index is 11.4. The molecule has 0 fully saturated rings. The molecule has 0 spiro atoms. The topological polar surface area (TPSA) is 115 Å². The van der Waals surface area contributed by atoms with E-state index in [1.165, 1.54) is 12.3 Å². The fraction of sp³-hybridized carbons (Fsp3) is 0.417. The highest BCUT2D eigenvalue weighted by atomic mass is 16.6. The van der Waals surface area contributed by atoms with E-state index in [4.69, 9.17) is 15.6 Å². The molecule has 1 aromatic rings. The molecule has 1 rings (SSSR count). The molecule has 0 unspecified atom stereocenters. The lowest BCUT2D eigenvalue weighted by molar-refractivity contribution is 0.0523. The second-order valence-corrected chi connectivity index (χ2v) is 4.94. The van der Waals surface area contributed by atoms with Crippen LogP contribution in [0.15, 0.2) is 12.3 Å². The Hall–Kier alpha value is -2.31. The minimum absolute atomic E-state index is 0.0616. The first-order valence-electron chi connectivity index (χ1n) is 5.63. The zero-order chi connectivity index (χ0) is 14.6. The number of carbonyl (C=O) groups is 2. The monoisotopic (exact) mass is 267 g/mol. The summed E-state index contributed by atoms with van der Waals surface area (Å²) in [5.74, 6) is -1.22. The Morgan fingerprint density at radius 2 is 2.11 bits per heavy atom. The number of hydrogen-bond acceptors (Lipinski definition) is 5. The van der Waals surface area contributed by atoms with Gasteiger partial charge in [-0.25, -0.2) is 14.6 Å². The largest absolute Gasteiger partial charge is 0.478 e. The van der Waals surface area contributed by atoms with Gasteiger partial charge in [-0.05, 0) is 32.4 Å². The number of hydrogen-bond donors (Lipinski definition) is 3. The van der Waals surface area contributed by atoms with Gasteiger partial charge < -0.3 is 20.9 Å². The number of carboxylic acid groups (broad SMARTS) is 1. The van der Waals surface area contributed by atoms with Crippen molar-refractivity contribution in [1.82, 2.24) is 10.3 Å². The average molecular weight is 267 g/mol. The van der Waals surface area contributed by atoms with Crippen LogP contribution in [0.5, 0.6) is 0 Å². The molecule has 1 amide bonds. The summed E-state index contributed by atoms with van der Waals surface area (Å²) in [6.45, 7) is 5.36. The van der Waals surface area contributed by atoms with E-state index < -0.39 is 17.7 Å². The van der Waals surface area contributed by atoms with Crippen LogP contribution >= 0.6 is 0 Å². The highest BCUT2D eigenvalue weighted by Crippen LogP contribution is 2.11. The summed E-state index contributed by atoms with van der Waals surface area (Å²) in [6.07, 6.45) is 0.820. The molecule has 0 aliphatic heterocycles. The number of nitrogens with one attached hydrogen (secondary N) is 1. The van der Waals surface area contributed by atoms with E-state index in [1.807, 2.05) is 0 Å². The van der Waals surface area contributed by atoms with Gasteiger partial charge in [0, 0.05) is 12.7 Å². The van der Waals surface area contributed by atoms with Crippen molar-refractivity contribution in [2.75, 3.05) is 5.73 Å². The third-order valence-corrected chi connectivity index (χ3v) is 2.04. The van der Waals surface area contributed by atoms with Crippen molar-refractivity contribution in [3.63, 3.8) is 0 Å². The van der Waals surface area contributed by atoms with Crippen molar-refractivity contribution >= 4 is 17.9 Å². The fourth-order valence-corrected chi connectivity index (χ4v) is 1.27. The van der Waals surface area contributed by atoms with Crippen LogP contribution in [-0.2, 0) is 11.3 Å². The Balaban J connectivity index is 2.66. The molecule has 7 heteroatoms. The second kappa shape index (κ2) is 5.55. The van der Waals surface area contributed by atoms with Crippen LogP contribution in [0.3, 0.4) is 0 Å². The van der Waals surface area contributed by atoms with E-state index in [9.17, 15) is 9.59 Å². The van der Waals surface area contributed by atoms with Gasteiger partial charge in [-0.15, -0.1) is 0 Å². The Morgan fingerprint density at radius 3 is 2.63 bits per heavy atom. The normalized spacial score (nSPS) is 10.9. The van der Waals surface area contributed by atoms with Gasteiger partial charge >= 0.3 is 12.1 Å². The number of alkyl carbamates (subject to hydrolysis) is 1. The van der Waals surface area contributed by atoms with E-state index in [0.717, 1.165) is 0 Å². The van der Waals surface area contributed by atoms with Crippen molar-refractivity contribution in [2.24, 2.45) is 0 Å². The highest BCUT2D eigenvalue weighted by Gasteiger charge is 2.16. The zero-order valence-electron chi connectivity index (χ0n) is 11.1. The Kier molecular flexibility index (Phi) is 4.31. The van der Waals surface area contributed by atoms with Gasteiger partial charge in [0.15, 0.2) is 0 Å². The van der Waals surface area contributed by atoms with Crippen LogP contribution in [0.2, 0.25) is 0 Å². The number of pyridine rings is 1. The number of amides is 1. The molecule has 104 valence electrons. The first kappa shape index (κ1) is 14.7. The van der Waals surface area contributed by atoms with Crippen molar-refractivity contribution in [2.45, 2.75) is 32.9 Å². The molecule has 4 N–H and O–H groups in total. The minimum atomic E-state index is -1.16. The highest BCUT2D eigenvalue weighted by molar-refractivity contribution is 5.92. The molecule has 19 heavy (non-hydrogen) atoms. The van der Waals surface area contributed by atoms with Crippen molar-refractivity contribution in [3.05, 3.63) is 23.4 Å². The zero-order valence-corrected chi connectivity index (χ0v) is 11.1. The summed E-state index contributed by atoms with van der Waals surface area (Å²) in [5, 5.41) is 11.4. The van der Waals surface area contributed by atoms with Crippen LogP contribution in [0.4, 0.5) is 10.6 Å². The average Bonchev–Trinajstić information content (AvgIpc) is 2.25. The molecule has 1 aromatic heterocycles. The van der Waals surface area contributed by atoms with Gasteiger partial charge in [0.25, 0.3) is 0 Å². The lowest BCUT2D eigenvalue weighted by atomic mass is 10.2. The molecule has 0 saturated heterocycles. The number of carbonyl (C=O) groups excluding carboxylic acids is 1. The minimum Gasteiger partial charge on any atom is -0.478 e. The lowest BCUT2D eigenvalue weighted by Gasteiger charge is -2.19. The Labute approximate surface area is 110 Å². The number of nitrogens with zero attached hydrogens (tertiary/aromatic N) is 1. The van der Waals surface area contributed by atoms with Crippen LogP contribution in [0, 0.1) is 0 Å². The maximum absolute atomic E-state index is 11.4. The second-order valence-electron chi connectivity index (χ2n) is 4.94. The van der Waals surface area contributed by atoms with E-state index in [0.29, 0.717) is 5.56 Å². The fourth-order valence-electron chi connectivity index (χ4n) is 1.27. The SMILES string of the molecule is CC(C)(C)OC(=O)NCc1cnc(N)c(C(=O)O)c1. The molecule has 7 nitrogen and oxygen atoms in total. The number of aromatic carboxylic acids is 1. The molecular formula is C12H17N3O4. The van der Waals surface area contributed by atoms with E-state index in [2.05, 4.69) is 10.3 Å². The third-order valence-electron chi connectivity index (χ3n) is 2.04. The van der Waals surface area contributed by atoms with Gasteiger partial charge in [0.2, 0.25) is 0 Å². The van der Waals surface area contributed by atoms with E-state index in [1.54, 1.807) is 20.8 Å². The van der Waals surface area contributed by atoms with Gasteiger partial charge in [-0.2, -0.15) is 0 Å². The van der Waals surface area contributed by atoms with Gasteiger partial charge in [-0.1, -0.05) is 0 Å². The van der Waals surface area contributed by atoms with Crippen LogP contribution in [0.25, 0.3) is 0 Å². The van der Waals surface area contributed by atoms with Gasteiger partial charge in [0.05, 0.1) is 0 Å². The summed E-state index contributed by atoms with van der Waals surface area (Å²) in [6, 6.07) is 1.36. The molecule has 0 bridgehead atoms. The van der Waals surface area contributed by atoms with E-state index in [-0.39, 0.29) is 17.9 Å². The summed E-state index contributed by atoms with van der Waals surface area (Å²) < 4.78 is 5.05. The predicted molar refractivity (Wildman–Crippen MR) is 68.7 cm³/mol.